The predicted octanol–water partition coefficient (Wildman–Crippen LogP) is 5.02. The molecule has 1 amide bonds. The average Bonchev–Trinajstić information content (AvgIpc) is 3.40. The van der Waals surface area contributed by atoms with Crippen molar-refractivity contribution in [2.75, 3.05) is 26.5 Å². The first kappa shape index (κ1) is 23.0. The summed E-state index contributed by atoms with van der Waals surface area (Å²) in [4.78, 5) is 15.4. The summed E-state index contributed by atoms with van der Waals surface area (Å²) in [6.45, 7) is 0.598. The summed E-state index contributed by atoms with van der Waals surface area (Å²) < 4.78 is 16.8. The van der Waals surface area contributed by atoms with Crippen LogP contribution in [0.4, 0.5) is 0 Å². The van der Waals surface area contributed by atoms with Crippen LogP contribution in [-0.4, -0.2) is 47.5 Å². The number of aromatic nitrogens is 2. The van der Waals surface area contributed by atoms with E-state index in [2.05, 4.69) is 10.2 Å². The molecule has 0 saturated heterocycles. The number of amides is 1. The van der Waals surface area contributed by atoms with Gasteiger partial charge in [0.15, 0.2) is 11.5 Å². The van der Waals surface area contributed by atoms with Crippen molar-refractivity contribution in [3.63, 3.8) is 0 Å². The van der Waals surface area contributed by atoms with Crippen LogP contribution in [0.5, 0.6) is 11.5 Å². The number of rotatable bonds is 7. The van der Waals surface area contributed by atoms with Crippen molar-refractivity contribution in [1.82, 2.24) is 15.1 Å². The summed E-state index contributed by atoms with van der Waals surface area (Å²) in [5.41, 5.74) is 4.09. The lowest BCUT2D eigenvalue weighted by atomic mass is 9.87. The van der Waals surface area contributed by atoms with Crippen molar-refractivity contribution >= 4 is 17.7 Å². The van der Waals surface area contributed by atoms with E-state index in [1.807, 2.05) is 77.7 Å². The van der Waals surface area contributed by atoms with Crippen molar-refractivity contribution in [3.8, 4) is 23.0 Å². The maximum atomic E-state index is 13.5. The lowest BCUT2D eigenvalue weighted by Crippen LogP contribution is -2.41. The summed E-state index contributed by atoms with van der Waals surface area (Å²) >= 11 is 1.25. The third kappa shape index (κ3) is 4.74. The first-order valence-electron chi connectivity index (χ1n) is 11.3. The molecule has 0 aliphatic carbocycles. The Bertz CT molecular complexity index is 1310. The fraction of sp³-hybridized carbons (Fsp3) is 0.222. The van der Waals surface area contributed by atoms with Gasteiger partial charge in [0.25, 0.3) is 5.22 Å². The smallest absolute Gasteiger partial charge is 0.277 e. The van der Waals surface area contributed by atoms with Gasteiger partial charge in [-0.3, -0.25) is 4.79 Å². The standard InChI is InChI=1S/C27H25N3O4S/c1-32-22-15-20-13-14-30(25(18-9-5-3-6-10-18)21(20)16-23(22)33-2)24(31)17-35-27-29-28-26(34-27)19-11-7-4-8-12-19/h3-12,15-16,25H,13-14,17H2,1-2H3/t25-/m0/s1. The average molecular weight is 488 g/mol. The summed E-state index contributed by atoms with van der Waals surface area (Å²) in [6, 6.07) is 23.4. The number of carbonyl (C=O) groups excluding carboxylic acids is 1. The number of methoxy groups -OCH3 is 2. The highest BCUT2D eigenvalue weighted by atomic mass is 32.2. The Kier molecular flexibility index (Phi) is 6.72. The van der Waals surface area contributed by atoms with Crippen molar-refractivity contribution in [2.45, 2.75) is 17.7 Å². The highest BCUT2D eigenvalue weighted by Gasteiger charge is 2.33. The molecule has 178 valence electrons. The molecule has 4 aromatic rings. The molecular weight excluding hydrogens is 462 g/mol. The highest BCUT2D eigenvalue weighted by molar-refractivity contribution is 7.99. The first-order valence-corrected chi connectivity index (χ1v) is 12.3. The lowest BCUT2D eigenvalue weighted by molar-refractivity contribution is -0.130. The summed E-state index contributed by atoms with van der Waals surface area (Å²) in [7, 11) is 3.26. The van der Waals surface area contributed by atoms with Crippen LogP contribution in [0.3, 0.4) is 0 Å². The van der Waals surface area contributed by atoms with Gasteiger partial charge in [-0.15, -0.1) is 10.2 Å². The van der Waals surface area contributed by atoms with E-state index in [4.69, 9.17) is 13.9 Å². The van der Waals surface area contributed by atoms with E-state index in [0.717, 1.165) is 28.7 Å². The normalized spacial score (nSPS) is 14.9. The Morgan fingerprint density at radius 3 is 2.40 bits per heavy atom. The molecule has 0 bridgehead atoms. The van der Waals surface area contributed by atoms with Crippen LogP contribution < -0.4 is 9.47 Å². The van der Waals surface area contributed by atoms with Gasteiger partial charge in [0.1, 0.15) is 0 Å². The molecule has 2 heterocycles. The van der Waals surface area contributed by atoms with E-state index in [1.165, 1.54) is 11.8 Å². The van der Waals surface area contributed by atoms with E-state index in [9.17, 15) is 4.79 Å². The molecule has 0 unspecified atom stereocenters. The first-order chi connectivity index (χ1) is 17.2. The summed E-state index contributed by atoms with van der Waals surface area (Å²) in [6.07, 6.45) is 0.730. The number of fused-ring (bicyclic) bond motifs is 1. The summed E-state index contributed by atoms with van der Waals surface area (Å²) in [5.74, 6) is 1.98. The van der Waals surface area contributed by atoms with E-state index in [-0.39, 0.29) is 17.7 Å². The molecule has 1 aliphatic rings. The van der Waals surface area contributed by atoms with Gasteiger partial charge in [-0.2, -0.15) is 0 Å². The van der Waals surface area contributed by atoms with E-state index in [0.29, 0.717) is 29.2 Å². The van der Waals surface area contributed by atoms with E-state index >= 15 is 0 Å². The zero-order valence-electron chi connectivity index (χ0n) is 19.5. The van der Waals surface area contributed by atoms with Crippen LogP contribution in [0.2, 0.25) is 0 Å². The van der Waals surface area contributed by atoms with Gasteiger partial charge >= 0.3 is 0 Å². The van der Waals surface area contributed by atoms with Gasteiger partial charge in [-0.05, 0) is 47.4 Å². The van der Waals surface area contributed by atoms with Gasteiger partial charge < -0.3 is 18.8 Å². The van der Waals surface area contributed by atoms with E-state index < -0.39 is 0 Å². The topological polar surface area (TPSA) is 77.7 Å². The fourth-order valence-electron chi connectivity index (χ4n) is 4.38. The van der Waals surface area contributed by atoms with Crippen LogP contribution in [0.1, 0.15) is 22.7 Å². The second-order valence-corrected chi connectivity index (χ2v) is 9.01. The molecule has 3 aromatic carbocycles. The molecule has 0 N–H and O–H groups in total. The van der Waals surface area contributed by atoms with Crippen molar-refractivity contribution in [3.05, 3.63) is 89.5 Å². The molecule has 35 heavy (non-hydrogen) atoms. The summed E-state index contributed by atoms with van der Waals surface area (Å²) in [5, 5.41) is 8.60. The van der Waals surface area contributed by atoms with Crippen molar-refractivity contribution in [1.29, 1.82) is 0 Å². The Hall–Kier alpha value is -3.78. The third-order valence-corrected chi connectivity index (χ3v) is 6.86. The van der Waals surface area contributed by atoms with Crippen LogP contribution >= 0.6 is 11.8 Å². The van der Waals surface area contributed by atoms with Crippen LogP contribution in [-0.2, 0) is 11.2 Å². The van der Waals surface area contributed by atoms with Gasteiger partial charge in [0, 0.05) is 12.1 Å². The zero-order valence-corrected chi connectivity index (χ0v) is 20.3. The third-order valence-electron chi connectivity index (χ3n) is 6.06. The largest absolute Gasteiger partial charge is 0.493 e. The number of thioether (sulfide) groups is 1. The monoisotopic (exact) mass is 487 g/mol. The molecule has 5 rings (SSSR count). The molecule has 1 aromatic heterocycles. The Morgan fingerprint density at radius 2 is 1.69 bits per heavy atom. The second-order valence-electron chi connectivity index (χ2n) is 8.08. The number of nitrogens with zero attached hydrogens (tertiary/aromatic N) is 3. The predicted molar refractivity (Wildman–Crippen MR) is 134 cm³/mol. The second kappa shape index (κ2) is 10.2. The van der Waals surface area contributed by atoms with Gasteiger partial charge in [0.05, 0.1) is 26.0 Å². The SMILES string of the molecule is COc1cc2c(cc1OC)[C@H](c1ccccc1)N(C(=O)CSc1nnc(-c3ccccc3)o1)CC2. The number of hydrogen-bond donors (Lipinski definition) is 0. The van der Waals surface area contributed by atoms with Gasteiger partial charge in [0.2, 0.25) is 11.8 Å². The maximum absolute atomic E-state index is 13.5. The zero-order chi connectivity index (χ0) is 24.2. The van der Waals surface area contributed by atoms with E-state index in [1.54, 1.807) is 14.2 Å². The van der Waals surface area contributed by atoms with Gasteiger partial charge in [-0.25, -0.2) is 0 Å². The highest BCUT2D eigenvalue weighted by Crippen LogP contribution is 2.41. The molecule has 0 spiro atoms. The van der Waals surface area contributed by atoms with Crippen LogP contribution in [0, 0.1) is 0 Å². The lowest BCUT2D eigenvalue weighted by Gasteiger charge is -2.38. The molecule has 0 fully saturated rings. The molecule has 0 radical (unpaired) electrons. The molecule has 0 saturated carbocycles. The van der Waals surface area contributed by atoms with Gasteiger partial charge in [-0.1, -0.05) is 60.3 Å². The molecule has 1 aliphatic heterocycles. The van der Waals surface area contributed by atoms with Crippen molar-refractivity contribution < 1.29 is 18.7 Å². The number of hydrogen-bond acceptors (Lipinski definition) is 7. The molecular formula is C27H25N3O4S. The number of ether oxygens (including phenoxy) is 2. The molecule has 1 atom stereocenters. The minimum Gasteiger partial charge on any atom is -0.493 e. The van der Waals surface area contributed by atoms with Crippen molar-refractivity contribution in [2.24, 2.45) is 0 Å². The Labute approximate surface area is 208 Å². The molecule has 7 nitrogen and oxygen atoms in total. The number of carbonyl (C=O) groups is 1. The quantitative estimate of drug-likeness (QED) is 0.339. The Balaban J connectivity index is 1.40. The Morgan fingerprint density at radius 1 is 1.00 bits per heavy atom. The fourth-order valence-corrected chi connectivity index (χ4v) is 5.03. The maximum Gasteiger partial charge on any atom is 0.277 e. The van der Waals surface area contributed by atoms with Crippen LogP contribution in [0.15, 0.2) is 82.4 Å². The minimum absolute atomic E-state index is 0.00347. The minimum atomic E-state index is -0.226. The molecule has 8 heteroatoms. The van der Waals surface area contributed by atoms with Crippen LogP contribution in [0.25, 0.3) is 11.5 Å². The number of benzene rings is 3.